The van der Waals surface area contributed by atoms with Crippen molar-refractivity contribution in [2.45, 2.75) is 71.1 Å². The average molecular weight is 432 g/mol. The van der Waals surface area contributed by atoms with Gasteiger partial charge in [-0.25, -0.2) is 9.18 Å². The SMILES string of the molecule is CCCC1CCC(COc2cc(F)c(C)cc2C2CC2)C1.O=CN1CCC=C1C(=O)O. The molecule has 2 unspecified atom stereocenters. The molecule has 2 atom stereocenters. The minimum atomic E-state index is -1.04. The number of amides is 1. The highest BCUT2D eigenvalue weighted by atomic mass is 19.1. The maximum Gasteiger partial charge on any atom is 0.352 e. The highest BCUT2D eigenvalue weighted by molar-refractivity contribution is 5.89. The van der Waals surface area contributed by atoms with Crippen molar-refractivity contribution in [3.05, 3.63) is 40.8 Å². The fourth-order valence-electron chi connectivity index (χ4n) is 4.63. The summed E-state index contributed by atoms with van der Waals surface area (Å²) in [6, 6.07) is 3.61. The molecule has 2 saturated carbocycles. The van der Waals surface area contributed by atoms with Crippen molar-refractivity contribution in [3.63, 3.8) is 0 Å². The Balaban J connectivity index is 0.000000229. The Morgan fingerprint density at radius 1 is 1.26 bits per heavy atom. The maximum atomic E-state index is 13.8. The zero-order chi connectivity index (χ0) is 22.4. The molecule has 1 N–H and O–H groups in total. The van der Waals surface area contributed by atoms with Gasteiger partial charge in [0.15, 0.2) is 0 Å². The second kappa shape index (κ2) is 10.8. The third kappa shape index (κ3) is 6.31. The number of carboxylic acids is 1. The number of halogens is 1. The van der Waals surface area contributed by atoms with Gasteiger partial charge in [-0.2, -0.15) is 0 Å². The van der Waals surface area contributed by atoms with Crippen molar-refractivity contribution in [2.24, 2.45) is 11.8 Å². The van der Waals surface area contributed by atoms with Gasteiger partial charge in [0.25, 0.3) is 0 Å². The summed E-state index contributed by atoms with van der Waals surface area (Å²) in [4.78, 5) is 21.6. The summed E-state index contributed by atoms with van der Waals surface area (Å²) < 4.78 is 19.9. The quantitative estimate of drug-likeness (QED) is 0.558. The Morgan fingerprint density at radius 3 is 2.61 bits per heavy atom. The highest BCUT2D eigenvalue weighted by Crippen LogP contribution is 2.45. The summed E-state index contributed by atoms with van der Waals surface area (Å²) in [5.74, 6) is 1.80. The minimum Gasteiger partial charge on any atom is -0.493 e. The van der Waals surface area contributed by atoms with Crippen LogP contribution in [0, 0.1) is 24.6 Å². The maximum absolute atomic E-state index is 13.8. The minimum absolute atomic E-state index is 0.0926. The molecule has 170 valence electrons. The molecule has 0 radical (unpaired) electrons. The van der Waals surface area contributed by atoms with Gasteiger partial charge in [0.05, 0.1) is 6.61 Å². The van der Waals surface area contributed by atoms with Crippen LogP contribution in [0.25, 0.3) is 0 Å². The van der Waals surface area contributed by atoms with Crippen molar-refractivity contribution < 1.29 is 23.8 Å². The summed E-state index contributed by atoms with van der Waals surface area (Å²) in [5, 5.41) is 8.45. The van der Waals surface area contributed by atoms with Gasteiger partial charge in [-0.05, 0) is 74.0 Å². The number of carbonyl (C=O) groups is 2. The van der Waals surface area contributed by atoms with E-state index in [0.717, 1.165) is 23.8 Å². The van der Waals surface area contributed by atoms with Gasteiger partial charge in [-0.15, -0.1) is 0 Å². The third-order valence-corrected chi connectivity index (χ3v) is 6.49. The van der Waals surface area contributed by atoms with E-state index in [-0.39, 0.29) is 11.5 Å². The van der Waals surface area contributed by atoms with Gasteiger partial charge in [0.2, 0.25) is 6.41 Å². The molecular weight excluding hydrogens is 397 g/mol. The van der Waals surface area contributed by atoms with Crippen LogP contribution in [0.5, 0.6) is 5.75 Å². The molecule has 2 aliphatic carbocycles. The van der Waals surface area contributed by atoms with Crippen molar-refractivity contribution in [3.8, 4) is 5.75 Å². The first-order valence-electron chi connectivity index (χ1n) is 11.5. The van der Waals surface area contributed by atoms with E-state index in [1.165, 1.54) is 61.5 Å². The zero-order valence-electron chi connectivity index (χ0n) is 18.6. The predicted octanol–water partition coefficient (Wildman–Crippen LogP) is 5.42. The van der Waals surface area contributed by atoms with Crippen molar-refractivity contribution in [1.82, 2.24) is 4.90 Å². The molecule has 1 amide bonds. The van der Waals surface area contributed by atoms with Gasteiger partial charge in [0.1, 0.15) is 17.3 Å². The standard InChI is InChI=1S/C19H27FO.C6H7NO3/c1-3-4-14-5-6-15(10-14)12-21-19-11-18(20)13(2)9-17(19)16-7-8-16;8-4-7-3-1-2-5(7)6(9)10/h9,11,14-16H,3-8,10,12H2,1-2H3;2,4H,1,3H2,(H,9,10). The lowest BCUT2D eigenvalue weighted by molar-refractivity contribution is -0.136. The summed E-state index contributed by atoms with van der Waals surface area (Å²) in [6.07, 6.45) is 11.7. The van der Waals surface area contributed by atoms with Crippen LogP contribution in [0.15, 0.2) is 23.9 Å². The summed E-state index contributed by atoms with van der Waals surface area (Å²) in [5.41, 5.74) is 2.07. The number of carbonyl (C=O) groups excluding carboxylic acids is 1. The van der Waals surface area contributed by atoms with Crippen molar-refractivity contribution >= 4 is 12.4 Å². The van der Waals surface area contributed by atoms with Crippen LogP contribution in [0.3, 0.4) is 0 Å². The number of rotatable bonds is 8. The molecule has 1 aliphatic heterocycles. The van der Waals surface area contributed by atoms with Crippen LogP contribution < -0.4 is 4.74 Å². The van der Waals surface area contributed by atoms with Crippen LogP contribution >= 0.6 is 0 Å². The molecule has 1 heterocycles. The average Bonchev–Trinajstić information content (AvgIpc) is 3.29. The number of aryl methyl sites for hydroxylation is 1. The lowest BCUT2D eigenvalue weighted by Crippen LogP contribution is -2.22. The fraction of sp³-hybridized carbons (Fsp3) is 0.600. The van der Waals surface area contributed by atoms with E-state index in [9.17, 15) is 14.0 Å². The normalized spacial score (nSPS) is 22.5. The first kappa shape index (κ1) is 23.3. The second-order valence-electron chi connectivity index (χ2n) is 9.04. The smallest absolute Gasteiger partial charge is 0.352 e. The van der Waals surface area contributed by atoms with E-state index < -0.39 is 5.97 Å². The Kier molecular flexibility index (Phi) is 8.10. The number of carboxylic acid groups (broad SMARTS) is 1. The Hall–Kier alpha value is -2.37. The van der Waals surface area contributed by atoms with Crippen LogP contribution in [-0.2, 0) is 9.59 Å². The van der Waals surface area contributed by atoms with E-state index in [1.54, 1.807) is 6.07 Å². The van der Waals surface area contributed by atoms with Crippen LogP contribution in [0.2, 0.25) is 0 Å². The van der Waals surface area contributed by atoms with E-state index in [4.69, 9.17) is 9.84 Å². The molecule has 6 heteroatoms. The Labute approximate surface area is 184 Å². The summed E-state index contributed by atoms with van der Waals surface area (Å²) in [7, 11) is 0. The topological polar surface area (TPSA) is 66.8 Å². The summed E-state index contributed by atoms with van der Waals surface area (Å²) in [6.45, 7) is 5.37. The molecule has 31 heavy (non-hydrogen) atoms. The highest BCUT2D eigenvalue weighted by Gasteiger charge is 2.29. The van der Waals surface area contributed by atoms with Crippen molar-refractivity contribution in [1.29, 1.82) is 0 Å². The molecule has 0 saturated heterocycles. The second-order valence-corrected chi connectivity index (χ2v) is 9.04. The Morgan fingerprint density at radius 2 is 2.00 bits per heavy atom. The third-order valence-electron chi connectivity index (χ3n) is 6.49. The molecule has 0 bridgehead atoms. The number of ether oxygens (including phenoxy) is 1. The number of nitrogens with zero attached hydrogens (tertiary/aromatic N) is 1. The molecular formula is C25H34FNO4. The van der Waals surface area contributed by atoms with Crippen LogP contribution in [0.1, 0.15) is 75.3 Å². The number of hydrogen-bond acceptors (Lipinski definition) is 3. The molecule has 1 aromatic rings. The Bertz CT molecular complexity index is 818. The molecule has 0 aromatic heterocycles. The van der Waals surface area contributed by atoms with Gasteiger partial charge >= 0.3 is 5.97 Å². The molecule has 4 rings (SSSR count). The molecule has 3 aliphatic rings. The van der Waals surface area contributed by atoms with E-state index in [2.05, 4.69) is 6.92 Å². The zero-order valence-corrected chi connectivity index (χ0v) is 18.6. The largest absolute Gasteiger partial charge is 0.493 e. The van der Waals surface area contributed by atoms with E-state index in [1.807, 2.05) is 13.0 Å². The monoisotopic (exact) mass is 431 g/mol. The number of benzene rings is 1. The van der Waals surface area contributed by atoms with Crippen molar-refractivity contribution in [2.75, 3.05) is 13.2 Å². The molecule has 2 fully saturated rings. The van der Waals surface area contributed by atoms with Gasteiger partial charge < -0.3 is 14.7 Å². The van der Waals surface area contributed by atoms with Gasteiger partial charge in [-0.1, -0.05) is 32.3 Å². The van der Waals surface area contributed by atoms with E-state index >= 15 is 0 Å². The number of aliphatic carboxylic acids is 1. The summed E-state index contributed by atoms with van der Waals surface area (Å²) >= 11 is 0. The van der Waals surface area contributed by atoms with E-state index in [0.29, 0.717) is 31.2 Å². The molecule has 5 nitrogen and oxygen atoms in total. The van der Waals surface area contributed by atoms with Crippen LogP contribution in [0.4, 0.5) is 4.39 Å². The van der Waals surface area contributed by atoms with Gasteiger partial charge in [0, 0.05) is 12.6 Å². The van der Waals surface area contributed by atoms with Gasteiger partial charge in [-0.3, -0.25) is 4.79 Å². The lowest BCUT2D eigenvalue weighted by Gasteiger charge is -2.16. The van der Waals surface area contributed by atoms with Crippen LogP contribution in [-0.4, -0.2) is 35.5 Å². The molecule has 0 spiro atoms. The number of hydrogen-bond donors (Lipinski definition) is 1. The predicted molar refractivity (Wildman–Crippen MR) is 117 cm³/mol. The molecule has 1 aromatic carbocycles. The first-order valence-corrected chi connectivity index (χ1v) is 11.5. The first-order chi connectivity index (χ1) is 14.9. The lowest BCUT2D eigenvalue weighted by atomic mass is 10.0. The fourth-order valence-corrected chi connectivity index (χ4v) is 4.63.